The number of nitrogens with zero attached hydrogens (tertiary/aromatic N) is 2. The largest absolute Gasteiger partial charge is 0.474 e. The number of hydrogen-bond donors (Lipinski definition) is 1. The summed E-state index contributed by atoms with van der Waals surface area (Å²) in [5.41, 5.74) is 1.09. The van der Waals surface area contributed by atoms with E-state index in [2.05, 4.69) is 22.2 Å². The van der Waals surface area contributed by atoms with Crippen molar-refractivity contribution in [3.8, 4) is 0 Å². The molecule has 5 nitrogen and oxygen atoms in total. The Balaban J connectivity index is 0.000000203. The molecular weight excluding hydrogens is 242 g/mol. The van der Waals surface area contributed by atoms with Crippen LogP contribution in [0.4, 0.5) is 0 Å². The van der Waals surface area contributed by atoms with E-state index >= 15 is 0 Å². The number of aromatic nitrogens is 1. The number of carbonyl (C=O) groups is 1. The van der Waals surface area contributed by atoms with Crippen LogP contribution in [0.5, 0.6) is 0 Å². The van der Waals surface area contributed by atoms with E-state index in [0.717, 1.165) is 24.9 Å². The lowest BCUT2D eigenvalue weighted by molar-refractivity contribution is -0.109. The van der Waals surface area contributed by atoms with Gasteiger partial charge in [0.15, 0.2) is 6.40 Å². The maximum atomic E-state index is 9.66. The second-order valence-electron chi connectivity index (χ2n) is 4.16. The SMILES string of the molecule is C1=NCC(c2cccnc2)O1.CCCCCNC=O. The first-order valence-corrected chi connectivity index (χ1v) is 6.59. The zero-order valence-corrected chi connectivity index (χ0v) is 11.3. The van der Waals surface area contributed by atoms with E-state index in [9.17, 15) is 4.79 Å². The molecule has 5 heteroatoms. The minimum absolute atomic E-state index is 0.0868. The van der Waals surface area contributed by atoms with E-state index in [1.807, 2.05) is 12.1 Å². The molecule has 2 heterocycles. The lowest BCUT2D eigenvalue weighted by Gasteiger charge is -2.06. The van der Waals surface area contributed by atoms with E-state index in [1.54, 1.807) is 12.4 Å². The Morgan fingerprint density at radius 3 is 3.00 bits per heavy atom. The summed E-state index contributed by atoms with van der Waals surface area (Å²) in [6.07, 6.45) is 9.41. The topological polar surface area (TPSA) is 63.6 Å². The van der Waals surface area contributed by atoms with Crippen molar-refractivity contribution in [2.75, 3.05) is 13.1 Å². The number of amides is 1. The van der Waals surface area contributed by atoms with Crippen molar-refractivity contribution in [1.29, 1.82) is 0 Å². The molecule has 1 amide bonds. The summed E-state index contributed by atoms with van der Waals surface area (Å²) in [4.78, 5) is 17.6. The fourth-order valence-electron chi connectivity index (χ4n) is 1.58. The Hall–Kier alpha value is -1.91. The highest BCUT2D eigenvalue weighted by Gasteiger charge is 2.14. The summed E-state index contributed by atoms with van der Waals surface area (Å²) >= 11 is 0. The minimum atomic E-state index is 0.0868. The quantitative estimate of drug-likeness (QED) is 0.631. The molecule has 0 spiro atoms. The van der Waals surface area contributed by atoms with Crippen LogP contribution in [0.2, 0.25) is 0 Å². The molecule has 0 aliphatic carbocycles. The summed E-state index contributed by atoms with van der Waals surface area (Å²) in [6.45, 7) is 3.68. The van der Waals surface area contributed by atoms with Crippen molar-refractivity contribution >= 4 is 12.8 Å². The molecular formula is C14H21N3O2. The third-order valence-corrected chi connectivity index (χ3v) is 2.64. The molecule has 0 aromatic carbocycles. The smallest absolute Gasteiger partial charge is 0.207 e. The molecule has 0 bridgehead atoms. The average molecular weight is 263 g/mol. The highest BCUT2D eigenvalue weighted by molar-refractivity contribution is 5.49. The van der Waals surface area contributed by atoms with Gasteiger partial charge < -0.3 is 10.1 Å². The van der Waals surface area contributed by atoms with Crippen LogP contribution < -0.4 is 5.32 Å². The first-order chi connectivity index (χ1) is 9.38. The van der Waals surface area contributed by atoms with Crippen LogP contribution in [0.3, 0.4) is 0 Å². The predicted octanol–water partition coefficient (Wildman–Crippen LogP) is 2.10. The van der Waals surface area contributed by atoms with Gasteiger partial charge in [-0.1, -0.05) is 25.8 Å². The van der Waals surface area contributed by atoms with Crippen LogP contribution in [-0.4, -0.2) is 30.9 Å². The molecule has 1 aliphatic rings. The minimum Gasteiger partial charge on any atom is -0.474 e. The number of pyridine rings is 1. The van der Waals surface area contributed by atoms with Crippen molar-refractivity contribution in [3.63, 3.8) is 0 Å². The van der Waals surface area contributed by atoms with Crippen molar-refractivity contribution in [1.82, 2.24) is 10.3 Å². The van der Waals surface area contributed by atoms with E-state index < -0.39 is 0 Å². The normalized spacial score (nSPS) is 16.2. The molecule has 1 aliphatic heterocycles. The van der Waals surface area contributed by atoms with Gasteiger partial charge in [-0.15, -0.1) is 0 Å². The summed E-state index contributed by atoms with van der Waals surface area (Å²) in [5, 5.41) is 2.60. The highest BCUT2D eigenvalue weighted by atomic mass is 16.5. The molecule has 0 fully saturated rings. The van der Waals surface area contributed by atoms with Crippen molar-refractivity contribution in [3.05, 3.63) is 30.1 Å². The van der Waals surface area contributed by atoms with Gasteiger partial charge >= 0.3 is 0 Å². The molecule has 104 valence electrons. The van der Waals surface area contributed by atoms with Crippen molar-refractivity contribution in [2.45, 2.75) is 32.3 Å². The number of aliphatic imine (C=N–C) groups is 1. The van der Waals surface area contributed by atoms with Gasteiger partial charge in [0.1, 0.15) is 6.10 Å². The van der Waals surface area contributed by atoms with Crippen LogP contribution in [0.25, 0.3) is 0 Å². The predicted molar refractivity (Wildman–Crippen MR) is 75.0 cm³/mol. The Bertz CT molecular complexity index is 360. The molecule has 1 N–H and O–H groups in total. The number of carbonyl (C=O) groups excluding carboxylic acids is 1. The Morgan fingerprint density at radius 2 is 2.42 bits per heavy atom. The Morgan fingerprint density at radius 1 is 1.53 bits per heavy atom. The van der Waals surface area contributed by atoms with E-state index in [1.165, 1.54) is 19.2 Å². The van der Waals surface area contributed by atoms with Gasteiger partial charge in [0, 0.05) is 24.5 Å². The number of unbranched alkanes of at least 4 members (excludes halogenated alkanes) is 2. The monoisotopic (exact) mass is 263 g/mol. The first kappa shape index (κ1) is 15.1. The van der Waals surface area contributed by atoms with Gasteiger partial charge in [-0.25, -0.2) is 0 Å². The van der Waals surface area contributed by atoms with Crippen molar-refractivity contribution < 1.29 is 9.53 Å². The molecule has 1 aromatic rings. The summed E-state index contributed by atoms with van der Waals surface area (Å²) < 4.78 is 5.21. The van der Waals surface area contributed by atoms with Crippen LogP contribution >= 0.6 is 0 Å². The first-order valence-electron chi connectivity index (χ1n) is 6.59. The Kier molecular flexibility index (Phi) is 8.02. The molecule has 1 unspecified atom stereocenters. The lowest BCUT2D eigenvalue weighted by Crippen LogP contribution is -2.11. The second-order valence-corrected chi connectivity index (χ2v) is 4.16. The molecule has 0 saturated carbocycles. The lowest BCUT2D eigenvalue weighted by atomic mass is 10.2. The van der Waals surface area contributed by atoms with Gasteiger partial charge in [0.25, 0.3) is 0 Å². The van der Waals surface area contributed by atoms with Gasteiger partial charge in [-0.3, -0.25) is 14.8 Å². The molecule has 0 radical (unpaired) electrons. The van der Waals surface area contributed by atoms with E-state index in [-0.39, 0.29) is 6.10 Å². The number of ether oxygens (including phenoxy) is 1. The highest BCUT2D eigenvalue weighted by Crippen LogP contribution is 2.18. The molecule has 1 aromatic heterocycles. The van der Waals surface area contributed by atoms with E-state index in [0.29, 0.717) is 6.54 Å². The van der Waals surface area contributed by atoms with Crippen LogP contribution in [0.15, 0.2) is 29.5 Å². The van der Waals surface area contributed by atoms with Crippen LogP contribution in [0.1, 0.15) is 37.9 Å². The maximum Gasteiger partial charge on any atom is 0.207 e. The zero-order chi connectivity index (χ0) is 13.8. The molecule has 1 atom stereocenters. The van der Waals surface area contributed by atoms with Gasteiger partial charge in [0.05, 0.1) is 6.54 Å². The fraction of sp³-hybridized carbons (Fsp3) is 0.500. The van der Waals surface area contributed by atoms with E-state index in [4.69, 9.17) is 4.74 Å². The van der Waals surface area contributed by atoms with Crippen molar-refractivity contribution in [2.24, 2.45) is 4.99 Å². The second kappa shape index (κ2) is 10.1. The van der Waals surface area contributed by atoms with Crippen LogP contribution in [0, 0.1) is 0 Å². The number of nitrogens with one attached hydrogen (secondary N) is 1. The zero-order valence-electron chi connectivity index (χ0n) is 11.3. The molecule has 2 rings (SSSR count). The fourth-order valence-corrected chi connectivity index (χ4v) is 1.58. The van der Waals surface area contributed by atoms with Gasteiger partial charge in [-0.05, 0) is 12.5 Å². The summed E-state index contributed by atoms with van der Waals surface area (Å²) in [7, 11) is 0. The average Bonchev–Trinajstić information content (AvgIpc) is 3.00. The van der Waals surface area contributed by atoms with Gasteiger partial charge in [-0.2, -0.15) is 0 Å². The third kappa shape index (κ3) is 6.55. The standard InChI is InChI=1S/C8H8N2O.C6H13NO/c1-2-7(4-9-3-1)8-5-10-6-11-8;1-2-3-4-5-7-6-8/h1-4,6,8H,5H2;6H,2-5H2,1H3,(H,7,8). The maximum absolute atomic E-state index is 9.66. The molecule has 0 saturated heterocycles. The summed E-state index contributed by atoms with van der Waals surface area (Å²) in [5.74, 6) is 0. The molecule has 19 heavy (non-hydrogen) atoms. The summed E-state index contributed by atoms with van der Waals surface area (Å²) in [6, 6.07) is 3.89. The number of hydrogen-bond acceptors (Lipinski definition) is 4. The van der Waals surface area contributed by atoms with Gasteiger partial charge in [0.2, 0.25) is 6.41 Å². The Labute approximate surface area is 114 Å². The number of rotatable bonds is 6. The van der Waals surface area contributed by atoms with Crippen LogP contribution in [-0.2, 0) is 9.53 Å². The third-order valence-electron chi connectivity index (χ3n) is 2.64.